The van der Waals surface area contributed by atoms with E-state index < -0.39 is 0 Å². The zero-order valence-corrected chi connectivity index (χ0v) is 9.68. The van der Waals surface area contributed by atoms with Crippen LogP contribution in [0.1, 0.15) is 6.42 Å². The fourth-order valence-corrected chi connectivity index (χ4v) is 1.18. The highest BCUT2D eigenvalue weighted by Crippen LogP contribution is 2.06. The Balaban J connectivity index is 3.91. The minimum atomic E-state index is 0.482. The van der Waals surface area contributed by atoms with Crippen LogP contribution in [0.2, 0.25) is 0 Å². The first-order valence-electron chi connectivity index (χ1n) is 4.27. The Morgan fingerprint density at radius 1 is 1.57 bits per heavy atom. The highest BCUT2D eigenvalue weighted by molar-refractivity contribution is 6.36. The molecule has 0 unspecified atom stereocenters. The van der Waals surface area contributed by atoms with Crippen LogP contribution in [0.4, 0.5) is 0 Å². The van der Waals surface area contributed by atoms with Crippen molar-refractivity contribution in [2.24, 2.45) is 0 Å². The Morgan fingerprint density at radius 2 is 2.29 bits per heavy atom. The van der Waals surface area contributed by atoms with Crippen LogP contribution in [-0.2, 0) is 4.74 Å². The van der Waals surface area contributed by atoms with Gasteiger partial charge in [0.2, 0.25) is 0 Å². The highest BCUT2D eigenvalue weighted by Gasteiger charge is 2.05. The van der Waals surface area contributed by atoms with E-state index >= 15 is 0 Å². The van der Waals surface area contributed by atoms with Gasteiger partial charge >= 0.3 is 0 Å². The van der Waals surface area contributed by atoms with Gasteiger partial charge in [0, 0.05) is 43.7 Å². The molecule has 0 rings (SSSR count). The fraction of sp³-hybridized carbons (Fsp3) is 0.667. The van der Waals surface area contributed by atoms with E-state index in [0.717, 1.165) is 6.54 Å². The average molecular weight is 237 g/mol. The Kier molecular flexibility index (Phi) is 9.11. The normalized spacial score (nSPS) is 11.8. The van der Waals surface area contributed by atoms with Crippen LogP contribution in [0.15, 0.2) is 10.6 Å². The fourth-order valence-electron chi connectivity index (χ4n) is 0.947. The maximum atomic E-state index is 8.45. The van der Waals surface area contributed by atoms with E-state index in [9.17, 15) is 0 Å². The lowest BCUT2D eigenvalue weighted by atomic mass is 10.4. The first-order chi connectivity index (χ1) is 6.74. The maximum Gasteiger partial charge on any atom is 0.0635 e. The van der Waals surface area contributed by atoms with Gasteiger partial charge in [-0.3, -0.25) is 4.90 Å². The third kappa shape index (κ3) is 7.16. The molecule has 3 nitrogen and oxygen atoms in total. The van der Waals surface area contributed by atoms with E-state index in [1.807, 2.05) is 4.90 Å². The standard InChI is InChI=1S/C9H14Cl2N2O/c1-14-6-5-13(4-2-3-12)8-9(11)7-10/h7H,2,4-6,8H2,1H3. The van der Waals surface area contributed by atoms with Crippen LogP contribution in [0.25, 0.3) is 0 Å². The van der Waals surface area contributed by atoms with Crippen LogP contribution < -0.4 is 0 Å². The lowest BCUT2D eigenvalue weighted by molar-refractivity contribution is 0.155. The number of ether oxygens (including phenoxy) is 1. The van der Waals surface area contributed by atoms with E-state index in [2.05, 4.69) is 6.07 Å². The molecule has 0 fully saturated rings. The SMILES string of the molecule is COCCN(CCC#N)CC(Cl)=CCl. The van der Waals surface area contributed by atoms with Gasteiger partial charge in [0.15, 0.2) is 0 Å². The summed E-state index contributed by atoms with van der Waals surface area (Å²) in [5.41, 5.74) is 1.34. The van der Waals surface area contributed by atoms with Gasteiger partial charge in [-0.05, 0) is 0 Å². The molecule has 0 heterocycles. The number of hydrogen-bond donors (Lipinski definition) is 0. The first-order valence-corrected chi connectivity index (χ1v) is 5.09. The van der Waals surface area contributed by atoms with Crippen LogP contribution in [0.3, 0.4) is 0 Å². The Morgan fingerprint density at radius 3 is 2.79 bits per heavy atom. The minimum Gasteiger partial charge on any atom is -0.383 e. The molecule has 5 heteroatoms. The van der Waals surface area contributed by atoms with E-state index in [1.165, 1.54) is 5.54 Å². The molecule has 80 valence electrons. The second kappa shape index (κ2) is 9.29. The van der Waals surface area contributed by atoms with Gasteiger partial charge in [0.25, 0.3) is 0 Å². The van der Waals surface area contributed by atoms with Crippen molar-refractivity contribution in [1.82, 2.24) is 4.90 Å². The Hall–Kier alpha value is -0.270. The smallest absolute Gasteiger partial charge is 0.0635 e. The molecule has 0 amide bonds. The van der Waals surface area contributed by atoms with Gasteiger partial charge in [0.05, 0.1) is 12.7 Å². The number of nitrogens with zero attached hydrogens (tertiary/aromatic N) is 2. The predicted octanol–water partition coefficient (Wildman–Crippen LogP) is 2.17. The number of rotatable bonds is 7. The summed E-state index contributed by atoms with van der Waals surface area (Å²) in [6.45, 7) is 2.62. The van der Waals surface area contributed by atoms with Gasteiger partial charge in [-0.2, -0.15) is 5.26 Å². The van der Waals surface area contributed by atoms with Gasteiger partial charge in [-0.25, -0.2) is 0 Å². The number of methoxy groups -OCH3 is 1. The number of nitriles is 1. The van der Waals surface area contributed by atoms with Gasteiger partial charge in [-0.1, -0.05) is 23.2 Å². The Labute approximate surface area is 94.8 Å². The molecule has 0 aliphatic heterocycles. The number of halogens is 2. The summed E-state index contributed by atoms with van der Waals surface area (Å²) in [6.07, 6.45) is 0.482. The summed E-state index contributed by atoms with van der Waals surface area (Å²) in [5, 5.41) is 9.02. The molecular weight excluding hydrogens is 223 g/mol. The molecule has 0 spiro atoms. The molecule has 0 aromatic heterocycles. The van der Waals surface area contributed by atoms with E-state index in [0.29, 0.717) is 31.1 Å². The highest BCUT2D eigenvalue weighted by atomic mass is 35.5. The summed E-state index contributed by atoms with van der Waals surface area (Å²) in [5.74, 6) is 0. The third-order valence-corrected chi connectivity index (χ3v) is 2.25. The van der Waals surface area contributed by atoms with Crippen molar-refractivity contribution in [3.63, 3.8) is 0 Å². The van der Waals surface area contributed by atoms with Crippen molar-refractivity contribution in [3.05, 3.63) is 10.6 Å². The lowest BCUT2D eigenvalue weighted by Crippen LogP contribution is -2.29. The van der Waals surface area contributed by atoms with Crippen LogP contribution >= 0.6 is 23.2 Å². The summed E-state index contributed by atoms with van der Waals surface area (Å²) in [4.78, 5) is 2.02. The molecule has 0 atom stereocenters. The molecule has 0 saturated carbocycles. The van der Waals surface area contributed by atoms with Crippen molar-refractivity contribution in [2.75, 3.05) is 33.4 Å². The zero-order chi connectivity index (χ0) is 10.8. The van der Waals surface area contributed by atoms with E-state index in [4.69, 9.17) is 33.2 Å². The van der Waals surface area contributed by atoms with Crippen LogP contribution in [0.5, 0.6) is 0 Å². The zero-order valence-electron chi connectivity index (χ0n) is 8.17. The molecule has 0 aliphatic rings. The second-order valence-corrected chi connectivity index (χ2v) is 3.44. The summed E-state index contributed by atoms with van der Waals surface area (Å²) < 4.78 is 4.95. The van der Waals surface area contributed by atoms with Crippen LogP contribution in [-0.4, -0.2) is 38.3 Å². The van der Waals surface area contributed by atoms with E-state index in [-0.39, 0.29) is 0 Å². The topological polar surface area (TPSA) is 36.3 Å². The molecule has 0 aromatic carbocycles. The number of hydrogen-bond acceptors (Lipinski definition) is 3. The molecular formula is C9H14Cl2N2O. The first kappa shape index (κ1) is 13.7. The molecule has 0 aromatic rings. The van der Waals surface area contributed by atoms with E-state index in [1.54, 1.807) is 7.11 Å². The summed E-state index contributed by atoms with van der Waals surface area (Å²) in [7, 11) is 1.64. The Bertz CT molecular complexity index is 213. The largest absolute Gasteiger partial charge is 0.383 e. The molecule has 0 N–H and O–H groups in total. The molecule has 14 heavy (non-hydrogen) atoms. The predicted molar refractivity (Wildman–Crippen MR) is 58.3 cm³/mol. The summed E-state index contributed by atoms with van der Waals surface area (Å²) in [6, 6.07) is 2.09. The summed E-state index contributed by atoms with van der Waals surface area (Å²) >= 11 is 11.2. The minimum absolute atomic E-state index is 0.482. The van der Waals surface area contributed by atoms with Crippen molar-refractivity contribution in [2.45, 2.75) is 6.42 Å². The third-order valence-electron chi connectivity index (χ3n) is 1.64. The molecule has 0 radical (unpaired) electrons. The van der Waals surface area contributed by atoms with Gasteiger partial charge in [0.1, 0.15) is 0 Å². The lowest BCUT2D eigenvalue weighted by Gasteiger charge is -2.19. The quantitative estimate of drug-likeness (QED) is 0.680. The van der Waals surface area contributed by atoms with Crippen molar-refractivity contribution >= 4 is 23.2 Å². The molecule has 0 aliphatic carbocycles. The van der Waals surface area contributed by atoms with Gasteiger partial charge < -0.3 is 4.74 Å². The molecule has 0 bridgehead atoms. The van der Waals surface area contributed by atoms with Gasteiger partial charge in [-0.15, -0.1) is 0 Å². The maximum absolute atomic E-state index is 8.45. The average Bonchev–Trinajstić information content (AvgIpc) is 2.21. The van der Waals surface area contributed by atoms with Crippen LogP contribution in [0, 0.1) is 11.3 Å². The van der Waals surface area contributed by atoms with Crippen molar-refractivity contribution < 1.29 is 4.74 Å². The van der Waals surface area contributed by atoms with Crippen molar-refractivity contribution in [3.8, 4) is 6.07 Å². The van der Waals surface area contributed by atoms with Crippen molar-refractivity contribution in [1.29, 1.82) is 5.26 Å². The molecule has 0 saturated heterocycles. The monoisotopic (exact) mass is 236 g/mol. The second-order valence-electron chi connectivity index (χ2n) is 2.73.